The first-order valence-electron chi connectivity index (χ1n) is 7.90. The first-order valence-corrected chi connectivity index (χ1v) is 9.37. The summed E-state index contributed by atoms with van der Waals surface area (Å²) in [6.07, 6.45) is 0. The van der Waals surface area contributed by atoms with Gasteiger partial charge in [-0.15, -0.1) is 4.36 Å². The molecule has 1 atom stereocenters. The molecule has 4 nitrogen and oxygen atoms in total. The van der Waals surface area contributed by atoms with Crippen LogP contribution in [0.4, 0.5) is 0 Å². The molecule has 0 saturated carbocycles. The predicted octanol–water partition coefficient (Wildman–Crippen LogP) is 3.08. The molecule has 0 aliphatic carbocycles. The van der Waals surface area contributed by atoms with Crippen molar-refractivity contribution in [3.05, 3.63) is 65.7 Å². The van der Waals surface area contributed by atoms with Crippen molar-refractivity contribution in [3.63, 3.8) is 0 Å². The van der Waals surface area contributed by atoms with Crippen LogP contribution in [0.15, 0.2) is 63.9 Å². The molecule has 1 fully saturated rings. The van der Waals surface area contributed by atoms with Crippen LogP contribution in [0.5, 0.6) is 0 Å². The Hall–Kier alpha value is -2.13. The molecule has 1 saturated heterocycles. The molecule has 0 spiro atoms. The molecule has 5 heteroatoms. The number of benzene rings is 2. The zero-order valence-electron chi connectivity index (χ0n) is 13.6. The van der Waals surface area contributed by atoms with Gasteiger partial charge in [-0.05, 0) is 37.1 Å². The number of hydrogen-bond acceptors (Lipinski definition) is 3. The Morgan fingerprint density at radius 3 is 2.38 bits per heavy atom. The second-order valence-corrected chi connectivity index (χ2v) is 7.71. The van der Waals surface area contributed by atoms with E-state index in [1.165, 1.54) is 5.56 Å². The van der Waals surface area contributed by atoms with Gasteiger partial charge < -0.3 is 4.74 Å². The lowest BCUT2D eigenvalue weighted by atomic mass is 10.2. The maximum absolute atomic E-state index is 13.6. The van der Waals surface area contributed by atoms with Crippen molar-refractivity contribution >= 4 is 9.92 Å². The van der Waals surface area contributed by atoms with Crippen LogP contribution in [0.25, 0.3) is 0 Å². The summed E-state index contributed by atoms with van der Waals surface area (Å²) in [6.45, 7) is 4.32. The molecule has 1 unspecified atom stereocenters. The van der Waals surface area contributed by atoms with Crippen LogP contribution in [0.1, 0.15) is 11.1 Å². The summed E-state index contributed by atoms with van der Waals surface area (Å²) in [5, 5.41) is 0. The van der Waals surface area contributed by atoms with E-state index in [9.17, 15) is 4.21 Å². The fourth-order valence-electron chi connectivity index (χ4n) is 2.44. The summed E-state index contributed by atoms with van der Waals surface area (Å²) < 4.78 is 25.1. The summed E-state index contributed by atoms with van der Waals surface area (Å²) in [5.74, 6) is 2.98. The van der Waals surface area contributed by atoms with E-state index in [-0.39, 0.29) is 0 Å². The van der Waals surface area contributed by atoms with Crippen LogP contribution in [-0.2, 0) is 14.7 Å². The van der Waals surface area contributed by atoms with Crippen LogP contribution < -0.4 is 0 Å². The first kappa shape index (κ1) is 16.7. The zero-order valence-corrected chi connectivity index (χ0v) is 14.5. The molecule has 24 heavy (non-hydrogen) atoms. The SMILES string of the molecule is Cc1ccc(C#CN=S(=O)(c2ccccc2)N2CCOCC2)cc1. The fraction of sp³-hybridized carbons (Fsp3) is 0.263. The van der Waals surface area contributed by atoms with E-state index >= 15 is 0 Å². The Labute approximate surface area is 143 Å². The average molecular weight is 340 g/mol. The molecule has 3 rings (SSSR count). The van der Waals surface area contributed by atoms with Crippen LogP contribution in [0.3, 0.4) is 0 Å². The number of rotatable bonds is 2. The Morgan fingerprint density at radius 1 is 1.04 bits per heavy atom. The van der Waals surface area contributed by atoms with Crippen LogP contribution in [-0.4, -0.2) is 34.8 Å². The standard InChI is InChI=1S/C19H20N2O2S/c1-17-7-9-18(10-8-17)11-12-20-24(22,19-5-3-2-4-6-19)21-13-15-23-16-14-21/h2-10H,13-16H2,1H3. The van der Waals surface area contributed by atoms with Gasteiger partial charge in [0.2, 0.25) is 0 Å². The molecule has 2 aromatic rings. The lowest BCUT2D eigenvalue weighted by Gasteiger charge is -2.28. The highest BCUT2D eigenvalue weighted by molar-refractivity contribution is 7.91. The van der Waals surface area contributed by atoms with E-state index in [4.69, 9.17) is 4.74 Å². The van der Waals surface area contributed by atoms with Crippen molar-refractivity contribution in [2.45, 2.75) is 11.8 Å². The molecular weight excluding hydrogens is 320 g/mol. The van der Waals surface area contributed by atoms with Crippen molar-refractivity contribution in [1.29, 1.82) is 0 Å². The molecule has 1 heterocycles. The van der Waals surface area contributed by atoms with Gasteiger partial charge in [0.1, 0.15) is 0 Å². The lowest BCUT2D eigenvalue weighted by Crippen LogP contribution is -2.40. The van der Waals surface area contributed by atoms with Gasteiger partial charge in [-0.25, -0.2) is 8.51 Å². The molecule has 0 aromatic heterocycles. The molecule has 2 aromatic carbocycles. The van der Waals surface area contributed by atoms with Crippen LogP contribution >= 0.6 is 0 Å². The van der Waals surface area contributed by atoms with Gasteiger partial charge in [0, 0.05) is 18.7 Å². The topological polar surface area (TPSA) is 41.9 Å². The normalized spacial score (nSPS) is 17.4. The van der Waals surface area contributed by atoms with Gasteiger partial charge in [-0.3, -0.25) is 0 Å². The number of aryl methyl sites for hydroxylation is 1. The lowest BCUT2D eigenvalue weighted by molar-refractivity contribution is 0.0745. The van der Waals surface area contributed by atoms with Crippen molar-refractivity contribution in [1.82, 2.24) is 4.31 Å². The van der Waals surface area contributed by atoms with E-state index in [0.29, 0.717) is 31.2 Å². The Kier molecular flexibility index (Phi) is 5.31. The highest BCUT2D eigenvalue weighted by Crippen LogP contribution is 2.19. The second-order valence-electron chi connectivity index (χ2n) is 5.55. The molecule has 1 aliphatic heterocycles. The van der Waals surface area contributed by atoms with Gasteiger partial charge in [0.25, 0.3) is 0 Å². The van der Waals surface area contributed by atoms with Crippen molar-refractivity contribution < 1.29 is 8.95 Å². The Bertz CT molecular complexity index is 852. The van der Waals surface area contributed by atoms with E-state index in [1.54, 1.807) is 0 Å². The van der Waals surface area contributed by atoms with Gasteiger partial charge in [-0.1, -0.05) is 35.9 Å². The van der Waals surface area contributed by atoms with Crippen LogP contribution in [0.2, 0.25) is 0 Å². The number of ether oxygens (including phenoxy) is 1. The molecule has 124 valence electrons. The van der Waals surface area contributed by atoms with Crippen molar-refractivity contribution in [2.75, 3.05) is 26.3 Å². The minimum atomic E-state index is -2.74. The van der Waals surface area contributed by atoms with E-state index in [2.05, 4.69) is 16.3 Å². The Balaban J connectivity index is 1.98. The van der Waals surface area contributed by atoms with Gasteiger partial charge in [-0.2, -0.15) is 0 Å². The minimum absolute atomic E-state index is 0.560. The van der Waals surface area contributed by atoms with E-state index in [1.807, 2.05) is 65.8 Å². The third-order valence-electron chi connectivity index (χ3n) is 3.79. The monoisotopic (exact) mass is 340 g/mol. The van der Waals surface area contributed by atoms with E-state index < -0.39 is 9.92 Å². The molecule has 0 bridgehead atoms. The predicted molar refractivity (Wildman–Crippen MR) is 95.7 cm³/mol. The molecule has 0 amide bonds. The van der Waals surface area contributed by atoms with Gasteiger partial charge in [0.05, 0.1) is 24.2 Å². The maximum Gasteiger partial charge on any atom is 0.152 e. The largest absolute Gasteiger partial charge is 0.379 e. The first-order chi connectivity index (χ1) is 11.7. The van der Waals surface area contributed by atoms with Gasteiger partial charge >= 0.3 is 0 Å². The smallest absolute Gasteiger partial charge is 0.152 e. The molecular formula is C19H20N2O2S. The van der Waals surface area contributed by atoms with Crippen molar-refractivity contribution in [2.24, 2.45) is 4.36 Å². The summed E-state index contributed by atoms with van der Waals surface area (Å²) in [4.78, 5) is 0.685. The highest BCUT2D eigenvalue weighted by atomic mass is 32.2. The number of morpholine rings is 1. The fourth-order valence-corrected chi connectivity index (χ4v) is 4.28. The third kappa shape index (κ3) is 3.85. The third-order valence-corrected chi connectivity index (χ3v) is 6.08. The van der Waals surface area contributed by atoms with E-state index in [0.717, 1.165) is 5.56 Å². The Morgan fingerprint density at radius 2 is 1.71 bits per heavy atom. The maximum atomic E-state index is 13.6. The number of nitrogens with zero attached hydrogens (tertiary/aromatic N) is 2. The minimum Gasteiger partial charge on any atom is -0.379 e. The molecule has 0 N–H and O–H groups in total. The number of hydrogen-bond donors (Lipinski definition) is 0. The van der Waals surface area contributed by atoms with Crippen molar-refractivity contribution in [3.8, 4) is 12.0 Å². The summed E-state index contributed by atoms with van der Waals surface area (Å²) in [7, 11) is -2.74. The molecule has 0 radical (unpaired) electrons. The summed E-state index contributed by atoms with van der Waals surface area (Å²) in [6, 6.07) is 20.0. The highest BCUT2D eigenvalue weighted by Gasteiger charge is 2.24. The summed E-state index contributed by atoms with van der Waals surface area (Å²) in [5.41, 5.74) is 2.04. The zero-order chi connectivity index (χ0) is 16.8. The quantitative estimate of drug-likeness (QED) is 0.789. The van der Waals surface area contributed by atoms with Crippen LogP contribution in [0, 0.1) is 18.9 Å². The average Bonchev–Trinajstić information content (AvgIpc) is 2.65. The molecule has 1 aliphatic rings. The summed E-state index contributed by atoms with van der Waals surface area (Å²) >= 11 is 0. The second kappa shape index (κ2) is 7.63. The van der Waals surface area contributed by atoms with Gasteiger partial charge in [0.15, 0.2) is 9.92 Å².